The van der Waals surface area contributed by atoms with Gasteiger partial charge in [-0.3, -0.25) is 0 Å². The summed E-state index contributed by atoms with van der Waals surface area (Å²) < 4.78 is 5.66. The van der Waals surface area contributed by atoms with E-state index in [2.05, 4.69) is 16.0 Å². The lowest BCUT2D eigenvalue weighted by molar-refractivity contribution is -0.108. The van der Waals surface area contributed by atoms with Gasteiger partial charge in [0.05, 0.1) is 23.2 Å². The Bertz CT molecular complexity index is 634. The number of ether oxygens (including phenoxy) is 1. The maximum Gasteiger partial charge on any atom is 0.204 e. The highest BCUT2D eigenvalue weighted by Gasteiger charge is 2.44. The van der Waals surface area contributed by atoms with Gasteiger partial charge in [0, 0.05) is 25.1 Å². The zero-order chi connectivity index (χ0) is 15.2. The molecular formula is C17H23N3O2. The molecule has 0 aliphatic carbocycles. The third-order valence-electron chi connectivity index (χ3n) is 5.26. The average molecular weight is 301 g/mol. The number of anilines is 1. The third-order valence-corrected chi connectivity index (χ3v) is 5.26. The van der Waals surface area contributed by atoms with Crippen LogP contribution in [0.4, 0.5) is 5.95 Å². The molecule has 0 saturated carbocycles. The van der Waals surface area contributed by atoms with Crippen molar-refractivity contribution in [1.29, 1.82) is 0 Å². The zero-order valence-electron chi connectivity index (χ0n) is 13.0. The molecule has 3 atom stereocenters. The molecule has 2 N–H and O–H groups in total. The minimum atomic E-state index is -0.655. The zero-order valence-corrected chi connectivity index (χ0v) is 13.0. The average Bonchev–Trinajstić information content (AvgIpc) is 3.12. The van der Waals surface area contributed by atoms with Crippen LogP contribution in [0.2, 0.25) is 0 Å². The highest BCUT2D eigenvalue weighted by atomic mass is 16.5. The summed E-state index contributed by atoms with van der Waals surface area (Å²) in [5, 5.41) is 10.8. The first-order chi connectivity index (χ1) is 10.6. The molecule has 2 saturated heterocycles. The molecule has 1 aromatic carbocycles. The summed E-state index contributed by atoms with van der Waals surface area (Å²) in [6.45, 7) is 4.22. The molecule has 2 aliphatic rings. The van der Waals surface area contributed by atoms with Crippen molar-refractivity contribution in [1.82, 2.24) is 9.97 Å². The van der Waals surface area contributed by atoms with E-state index in [-0.39, 0.29) is 12.0 Å². The summed E-state index contributed by atoms with van der Waals surface area (Å²) >= 11 is 0. The van der Waals surface area contributed by atoms with Gasteiger partial charge in [0.2, 0.25) is 5.95 Å². The lowest BCUT2D eigenvalue weighted by Gasteiger charge is -2.43. The second-order valence-corrected chi connectivity index (χ2v) is 6.77. The van der Waals surface area contributed by atoms with Crippen LogP contribution in [0, 0.1) is 5.92 Å². The van der Waals surface area contributed by atoms with Crippen molar-refractivity contribution in [3.63, 3.8) is 0 Å². The summed E-state index contributed by atoms with van der Waals surface area (Å²) in [4.78, 5) is 10.5. The van der Waals surface area contributed by atoms with Crippen LogP contribution in [0.25, 0.3) is 11.0 Å². The Morgan fingerprint density at radius 1 is 1.41 bits per heavy atom. The number of imidazole rings is 1. The summed E-state index contributed by atoms with van der Waals surface area (Å²) in [5.74, 6) is 1.06. The fraction of sp³-hybridized carbons (Fsp3) is 0.588. The van der Waals surface area contributed by atoms with E-state index in [1.165, 1.54) is 0 Å². The van der Waals surface area contributed by atoms with Crippen LogP contribution in [0.5, 0.6) is 0 Å². The maximum atomic E-state index is 10.8. The van der Waals surface area contributed by atoms with Crippen LogP contribution in [0.15, 0.2) is 24.3 Å². The highest BCUT2D eigenvalue weighted by molar-refractivity contribution is 5.77. The molecule has 0 spiro atoms. The van der Waals surface area contributed by atoms with Crippen molar-refractivity contribution < 1.29 is 9.84 Å². The number of aromatic amines is 1. The second-order valence-electron chi connectivity index (χ2n) is 6.77. The van der Waals surface area contributed by atoms with Gasteiger partial charge in [-0.2, -0.15) is 0 Å². The fourth-order valence-corrected chi connectivity index (χ4v) is 3.93. The minimum absolute atomic E-state index is 0.136. The van der Waals surface area contributed by atoms with E-state index in [9.17, 15) is 5.11 Å². The molecule has 0 amide bonds. The largest absolute Gasteiger partial charge is 0.390 e. The van der Waals surface area contributed by atoms with E-state index in [0.29, 0.717) is 19.6 Å². The summed E-state index contributed by atoms with van der Waals surface area (Å²) in [5.41, 5.74) is 1.40. The number of aliphatic hydroxyl groups is 1. The van der Waals surface area contributed by atoms with Crippen LogP contribution in [0.1, 0.15) is 26.2 Å². The van der Waals surface area contributed by atoms with Crippen LogP contribution >= 0.6 is 0 Å². The van der Waals surface area contributed by atoms with E-state index in [1.54, 1.807) is 0 Å². The molecule has 118 valence electrons. The Morgan fingerprint density at radius 3 is 3.09 bits per heavy atom. The van der Waals surface area contributed by atoms with Gasteiger partial charge in [-0.15, -0.1) is 0 Å². The van der Waals surface area contributed by atoms with Crippen molar-refractivity contribution in [2.24, 2.45) is 5.92 Å². The van der Waals surface area contributed by atoms with E-state index in [1.807, 2.05) is 25.1 Å². The number of hydrogen-bond donors (Lipinski definition) is 2. The molecule has 5 nitrogen and oxygen atoms in total. The number of para-hydroxylation sites is 2. The Hall–Kier alpha value is -1.59. The predicted octanol–water partition coefficient (Wildman–Crippen LogP) is 2.32. The number of aromatic nitrogens is 2. The maximum absolute atomic E-state index is 10.8. The van der Waals surface area contributed by atoms with Gasteiger partial charge in [0.15, 0.2) is 0 Å². The van der Waals surface area contributed by atoms with E-state index < -0.39 is 5.60 Å². The monoisotopic (exact) mass is 301 g/mol. The Morgan fingerprint density at radius 2 is 2.27 bits per heavy atom. The smallest absolute Gasteiger partial charge is 0.204 e. The number of rotatable bonds is 2. The predicted molar refractivity (Wildman–Crippen MR) is 86.0 cm³/mol. The van der Waals surface area contributed by atoms with Gasteiger partial charge >= 0.3 is 0 Å². The summed E-state index contributed by atoms with van der Waals surface area (Å²) in [6.07, 6.45) is 2.93. The first-order valence-corrected chi connectivity index (χ1v) is 8.17. The highest BCUT2D eigenvalue weighted by Crippen LogP contribution is 2.37. The van der Waals surface area contributed by atoms with E-state index in [4.69, 9.17) is 9.72 Å². The number of H-pyrrole nitrogens is 1. The van der Waals surface area contributed by atoms with Gasteiger partial charge in [-0.05, 0) is 38.3 Å². The van der Waals surface area contributed by atoms with Gasteiger partial charge in [-0.1, -0.05) is 12.1 Å². The molecule has 2 fully saturated rings. The van der Waals surface area contributed by atoms with Crippen LogP contribution in [0.3, 0.4) is 0 Å². The molecule has 0 radical (unpaired) electrons. The first-order valence-electron chi connectivity index (χ1n) is 8.17. The van der Waals surface area contributed by atoms with Crippen molar-refractivity contribution >= 4 is 17.0 Å². The normalized spacial score (nSPS) is 32.7. The standard InChI is InChI=1S/C17H23N3O2/c1-17(21)8-10-22-11-12(17)15-7-4-9-20(15)16-18-13-5-2-3-6-14(13)19-16/h2-3,5-6,12,15,21H,4,7-11H2,1H3,(H,18,19)/t12-,15+,17+/m1/s1. The van der Waals surface area contributed by atoms with Crippen molar-refractivity contribution in [2.75, 3.05) is 24.7 Å². The molecule has 1 aromatic heterocycles. The molecule has 3 heterocycles. The number of nitrogens with one attached hydrogen (secondary N) is 1. The molecule has 0 bridgehead atoms. The van der Waals surface area contributed by atoms with Gasteiger partial charge < -0.3 is 19.7 Å². The van der Waals surface area contributed by atoms with Crippen molar-refractivity contribution in [3.05, 3.63) is 24.3 Å². The minimum Gasteiger partial charge on any atom is -0.390 e. The fourth-order valence-electron chi connectivity index (χ4n) is 3.93. The van der Waals surface area contributed by atoms with Gasteiger partial charge in [0.1, 0.15) is 0 Å². The number of nitrogens with zero attached hydrogens (tertiary/aromatic N) is 2. The quantitative estimate of drug-likeness (QED) is 0.893. The molecule has 2 aliphatic heterocycles. The van der Waals surface area contributed by atoms with Crippen molar-refractivity contribution in [2.45, 2.75) is 37.8 Å². The lowest BCUT2D eigenvalue weighted by Crippen LogP contribution is -2.52. The molecule has 5 heteroatoms. The molecule has 0 unspecified atom stereocenters. The van der Waals surface area contributed by atoms with Crippen LogP contribution in [-0.4, -0.2) is 46.5 Å². The van der Waals surface area contributed by atoms with Gasteiger partial charge in [0.25, 0.3) is 0 Å². The molecule has 22 heavy (non-hydrogen) atoms. The Labute approximate surface area is 130 Å². The number of benzene rings is 1. The number of fused-ring (bicyclic) bond motifs is 1. The first kappa shape index (κ1) is 14.0. The molecular weight excluding hydrogens is 278 g/mol. The van der Waals surface area contributed by atoms with Crippen molar-refractivity contribution in [3.8, 4) is 0 Å². The Balaban J connectivity index is 1.65. The van der Waals surface area contributed by atoms with Crippen LogP contribution < -0.4 is 4.90 Å². The van der Waals surface area contributed by atoms with E-state index in [0.717, 1.165) is 36.4 Å². The number of hydrogen-bond acceptors (Lipinski definition) is 4. The lowest BCUT2D eigenvalue weighted by atomic mass is 9.79. The SMILES string of the molecule is C[C@]1(O)CCOC[C@@H]1[C@@H]1CCCN1c1nc2ccccc2[nH]1. The van der Waals surface area contributed by atoms with Crippen LogP contribution in [-0.2, 0) is 4.74 Å². The summed E-state index contributed by atoms with van der Waals surface area (Å²) in [7, 11) is 0. The molecule has 4 rings (SSSR count). The third kappa shape index (κ3) is 2.29. The van der Waals surface area contributed by atoms with E-state index >= 15 is 0 Å². The second kappa shape index (κ2) is 5.25. The van der Waals surface area contributed by atoms with Gasteiger partial charge in [-0.25, -0.2) is 4.98 Å². The Kier molecular flexibility index (Phi) is 3.35. The topological polar surface area (TPSA) is 61.4 Å². The summed E-state index contributed by atoms with van der Waals surface area (Å²) in [6, 6.07) is 8.40. The molecule has 2 aromatic rings.